The molecule has 0 N–H and O–H groups in total. The molecule has 2 aromatic rings. The van der Waals surface area contributed by atoms with Crippen LogP contribution in [0.1, 0.15) is 11.1 Å². The van der Waals surface area contributed by atoms with E-state index < -0.39 is 0 Å². The van der Waals surface area contributed by atoms with Gasteiger partial charge in [-0.2, -0.15) is 0 Å². The molecular formula is C26H30N2O2. The van der Waals surface area contributed by atoms with E-state index in [1.165, 1.54) is 11.1 Å². The summed E-state index contributed by atoms with van der Waals surface area (Å²) in [4.78, 5) is 4.77. The molecule has 1 fully saturated rings. The molecule has 0 radical (unpaired) electrons. The molecule has 0 spiro atoms. The van der Waals surface area contributed by atoms with Gasteiger partial charge in [-0.15, -0.1) is 0 Å². The minimum Gasteiger partial charge on any atom is -0.364 e. The van der Waals surface area contributed by atoms with Gasteiger partial charge >= 0.3 is 0 Å². The Kier molecular flexibility index (Phi) is 10.0. The molecule has 3 rings (SSSR count). The fraction of sp³-hybridized carbons (Fsp3) is 0.385. The van der Waals surface area contributed by atoms with Crippen LogP contribution in [-0.2, 0) is 22.7 Å². The summed E-state index contributed by atoms with van der Waals surface area (Å²) in [5, 5.41) is 0. The number of nitrogens with zero attached hydrogens (tertiary/aromatic N) is 2. The number of ether oxygens (including phenoxy) is 2. The van der Waals surface area contributed by atoms with E-state index in [0.29, 0.717) is 26.4 Å². The highest BCUT2D eigenvalue weighted by Gasteiger charge is 2.14. The van der Waals surface area contributed by atoms with Gasteiger partial charge in [0.25, 0.3) is 0 Å². The largest absolute Gasteiger partial charge is 0.364 e. The van der Waals surface area contributed by atoms with Crippen molar-refractivity contribution in [3.8, 4) is 23.7 Å². The molecule has 0 atom stereocenters. The fourth-order valence-electron chi connectivity index (χ4n) is 3.13. The first-order chi connectivity index (χ1) is 14.9. The molecule has 156 valence electrons. The lowest BCUT2D eigenvalue weighted by atomic mass is 10.2. The second-order valence-corrected chi connectivity index (χ2v) is 7.22. The summed E-state index contributed by atoms with van der Waals surface area (Å²) in [6.07, 6.45) is 0. The molecule has 1 aliphatic heterocycles. The molecule has 0 amide bonds. The number of rotatable bonds is 8. The van der Waals surface area contributed by atoms with Gasteiger partial charge in [0.15, 0.2) is 0 Å². The van der Waals surface area contributed by atoms with Crippen molar-refractivity contribution in [2.24, 2.45) is 0 Å². The molecule has 1 heterocycles. The average molecular weight is 403 g/mol. The van der Waals surface area contributed by atoms with Crippen molar-refractivity contribution >= 4 is 0 Å². The van der Waals surface area contributed by atoms with Gasteiger partial charge in [0.05, 0.1) is 26.3 Å². The fourth-order valence-corrected chi connectivity index (χ4v) is 3.13. The Balaban J connectivity index is 1.21. The predicted molar refractivity (Wildman–Crippen MR) is 121 cm³/mol. The van der Waals surface area contributed by atoms with Crippen LogP contribution in [0, 0.1) is 23.7 Å². The third-order valence-corrected chi connectivity index (χ3v) is 4.89. The molecule has 30 heavy (non-hydrogen) atoms. The van der Waals surface area contributed by atoms with Crippen molar-refractivity contribution < 1.29 is 9.47 Å². The number of hydrogen-bond donors (Lipinski definition) is 0. The maximum atomic E-state index is 5.60. The van der Waals surface area contributed by atoms with Crippen LogP contribution < -0.4 is 0 Å². The maximum Gasteiger partial charge on any atom is 0.108 e. The molecule has 0 unspecified atom stereocenters. The SMILES string of the molecule is C(#CCN1CCN(CC#CCOCc2ccccc2)CC1)COCc1ccccc1. The minimum atomic E-state index is 0.483. The molecule has 0 bridgehead atoms. The van der Waals surface area contributed by atoms with Crippen LogP contribution in [0.15, 0.2) is 60.7 Å². The molecule has 0 aliphatic carbocycles. The summed E-state index contributed by atoms with van der Waals surface area (Å²) in [6.45, 7) is 7.95. The highest BCUT2D eigenvalue weighted by atomic mass is 16.5. The molecule has 1 saturated heterocycles. The minimum absolute atomic E-state index is 0.483. The monoisotopic (exact) mass is 402 g/mol. The van der Waals surface area contributed by atoms with Gasteiger partial charge < -0.3 is 9.47 Å². The number of benzene rings is 2. The molecule has 4 nitrogen and oxygen atoms in total. The third kappa shape index (κ3) is 8.82. The smallest absolute Gasteiger partial charge is 0.108 e. The first-order valence-corrected chi connectivity index (χ1v) is 10.5. The van der Waals surface area contributed by atoms with Crippen LogP contribution in [0.2, 0.25) is 0 Å². The Hall–Kier alpha value is -2.60. The van der Waals surface area contributed by atoms with E-state index in [9.17, 15) is 0 Å². The second kappa shape index (κ2) is 13.6. The Morgan fingerprint density at radius 3 is 1.37 bits per heavy atom. The molecule has 0 aromatic heterocycles. The zero-order valence-corrected chi connectivity index (χ0v) is 17.6. The van der Waals surface area contributed by atoms with Crippen molar-refractivity contribution in [1.29, 1.82) is 0 Å². The van der Waals surface area contributed by atoms with E-state index in [1.54, 1.807) is 0 Å². The topological polar surface area (TPSA) is 24.9 Å². The van der Waals surface area contributed by atoms with Gasteiger partial charge in [-0.05, 0) is 11.1 Å². The van der Waals surface area contributed by atoms with Crippen LogP contribution in [0.3, 0.4) is 0 Å². The summed E-state index contributed by atoms with van der Waals surface area (Å²) < 4.78 is 11.2. The van der Waals surface area contributed by atoms with Gasteiger partial charge in [0.2, 0.25) is 0 Å². The molecule has 4 heteroatoms. The highest BCUT2D eigenvalue weighted by Crippen LogP contribution is 2.02. The van der Waals surface area contributed by atoms with E-state index in [-0.39, 0.29) is 0 Å². The van der Waals surface area contributed by atoms with E-state index in [2.05, 4.69) is 57.7 Å². The predicted octanol–water partition coefficient (Wildman–Crippen LogP) is 3.04. The van der Waals surface area contributed by atoms with E-state index in [0.717, 1.165) is 39.3 Å². The lowest BCUT2D eigenvalue weighted by molar-refractivity contribution is 0.150. The molecule has 1 aliphatic rings. The first-order valence-electron chi connectivity index (χ1n) is 10.5. The normalized spacial score (nSPS) is 14.4. The van der Waals surface area contributed by atoms with Crippen LogP contribution in [0.5, 0.6) is 0 Å². The van der Waals surface area contributed by atoms with Crippen molar-refractivity contribution in [1.82, 2.24) is 9.80 Å². The molecular weight excluding hydrogens is 372 g/mol. The third-order valence-electron chi connectivity index (χ3n) is 4.89. The van der Waals surface area contributed by atoms with Crippen molar-refractivity contribution in [2.45, 2.75) is 13.2 Å². The van der Waals surface area contributed by atoms with Gasteiger partial charge in [-0.25, -0.2) is 0 Å². The van der Waals surface area contributed by atoms with E-state index in [4.69, 9.17) is 9.47 Å². The van der Waals surface area contributed by atoms with Gasteiger partial charge in [-0.1, -0.05) is 84.3 Å². The van der Waals surface area contributed by atoms with Gasteiger partial charge in [0.1, 0.15) is 13.2 Å². The average Bonchev–Trinajstić information content (AvgIpc) is 2.81. The summed E-state index contributed by atoms with van der Waals surface area (Å²) in [5.41, 5.74) is 2.36. The Bertz CT molecular complexity index is 765. The quantitative estimate of drug-likeness (QED) is 0.501. The lowest BCUT2D eigenvalue weighted by Gasteiger charge is -2.32. The Morgan fingerprint density at radius 1 is 0.567 bits per heavy atom. The summed E-state index contributed by atoms with van der Waals surface area (Å²) in [5.74, 6) is 12.7. The number of piperazine rings is 1. The van der Waals surface area contributed by atoms with Crippen LogP contribution in [-0.4, -0.2) is 62.3 Å². The zero-order valence-electron chi connectivity index (χ0n) is 17.6. The zero-order chi connectivity index (χ0) is 20.7. The van der Waals surface area contributed by atoms with Crippen molar-refractivity contribution in [3.05, 3.63) is 71.8 Å². The Labute approximate surface area is 180 Å². The van der Waals surface area contributed by atoms with E-state index >= 15 is 0 Å². The lowest BCUT2D eigenvalue weighted by Crippen LogP contribution is -2.46. The maximum absolute atomic E-state index is 5.60. The van der Waals surface area contributed by atoms with Crippen LogP contribution in [0.4, 0.5) is 0 Å². The van der Waals surface area contributed by atoms with Crippen LogP contribution >= 0.6 is 0 Å². The Morgan fingerprint density at radius 2 is 0.967 bits per heavy atom. The van der Waals surface area contributed by atoms with Gasteiger partial charge in [-0.3, -0.25) is 9.80 Å². The van der Waals surface area contributed by atoms with E-state index in [1.807, 2.05) is 36.4 Å². The second-order valence-electron chi connectivity index (χ2n) is 7.22. The van der Waals surface area contributed by atoms with Crippen molar-refractivity contribution in [3.63, 3.8) is 0 Å². The summed E-state index contributed by atoms with van der Waals surface area (Å²) >= 11 is 0. The summed E-state index contributed by atoms with van der Waals surface area (Å²) in [7, 11) is 0. The summed E-state index contributed by atoms with van der Waals surface area (Å²) in [6, 6.07) is 20.4. The number of hydrogen-bond acceptors (Lipinski definition) is 4. The van der Waals surface area contributed by atoms with Crippen molar-refractivity contribution in [2.75, 3.05) is 52.5 Å². The van der Waals surface area contributed by atoms with Crippen LogP contribution in [0.25, 0.3) is 0 Å². The van der Waals surface area contributed by atoms with Gasteiger partial charge in [0, 0.05) is 26.2 Å². The highest BCUT2D eigenvalue weighted by molar-refractivity contribution is 5.14. The standard InChI is InChI=1S/C26H30N2O2/c1-3-11-25(12-4-1)23-29-21-9-7-15-27-17-19-28(20-18-27)16-8-10-22-30-24-26-13-5-2-6-14-26/h1-6,11-14H,15-24H2. The first kappa shape index (κ1) is 22.1. The molecule has 0 saturated carbocycles. The molecule has 2 aromatic carbocycles.